The summed E-state index contributed by atoms with van der Waals surface area (Å²) in [5, 5.41) is 1.52. The Morgan fingerprint density at radius 3 is 1.44 bits per heavy atom. The van der Waals surface area contributed by atoms with Crippen LogP contribution in [-0.2, 0) is 20.4 Å². The number of rotatable bonds is 9. The minimum Gasteiger partial charge on any atom is -0.496 e. The average molecular weight is 643 g/mol. The minimum atomic E-state index is -0.373. The summed E-state index contributed by atoms with van der Waals surface area (Å²) >= 11 is 0. The molecule has 0 saturated heterocycles. The van der Waals surface area contributed by atoms with Crippen LogP contribution in [0.3, 0.4) is 0 Å². The molecule has 2 aromatic rings. The van der Waals surface area contributed by atoms with Crippen LogP contribution in [0, 0.1) is 0 Å². The zero-order chi connectivity index (χ0) is 27.4. The van der Waals surface area contributed by atoms with Crippen molar-refractivity contribution in [3.8, 4) is 22.6 Å². The van der Waals surface area contributed by atoms with Gasteiger partial charge in [-0.3, -0.25) is 0 Å². The van der Waals surface area contributed by atoms with E-state index in [2.05, 4.69) is 65.8 Å². The van der Waals surface area contributed by atoms with Gasteiger partial charge in [-0.05, 0) is 89.1 Å². The van der Waals surface area contributed by atoms with Gasteiger partial charge in [-0.15, -0.1) is 0 Å². The average Bonchev–Trinajstić information content (AvgIpc) is 2.93. The van der Waals surface area contributed by atoms with Crippen LogP contribution in [0.25, 0.3) is 11.1 Å². The maximum absolute atomic E-state index is 6.29. The van der Waals surface area contributed by atoms with Gasteiger partial charge in [-0.1, -0.05) is 100 Å². The summed E-state index contributed by atoms with van der Waals surface area (Å²) < 4.78 is 12.6. The second-order valence-corrected chi connectivity index (χ2v) is 15.4. The van der Waals surface area contributed by atoms with Crippen molar-refractivity contribution in [1.82, 2.24) is 0 Å². The first-order valence-electron chi connectivity index (χ1n) is 15.5. The fraction of sp³-hybridized carbons (Fsp3) is 0.657. The third-order valence-corrected chi connectivity index (χ3v) is 12.7. The molecule has 0 amide bonds. The molecule has 220 valence electrons. The Hall–Kier alpha value is -0.868. The maximum Gasteiger partial charge on any atom is 0.127 e. The first-order valence-corrected chi connectivity index (χ1v) is 17.0. The fourth-order valence-electron chi connectivity index (χ4n) is 7.01. The molecule has 2 aromatic carbocycles. The van der Waals surface area contributed by atoms with Crippen LogP contribution in [-0.4, -0.2) is 25.5 Å². The van der Waals surface area contributed by atoms with Crippen LogP contribution < -0.4 is 14.8 Å². The molecular weight excluding hydrogens is 590 g/mol. The van der Waals surface area contributed by atoms with Crippen LogP contribution >= 0.6 is 7.92 Å². The summed E-state index contributed by atoms with van der Waals surface area (Å²) in [6.45, 7) is 14.1. The Labute approximate surface area is 254 Å². The van der Waals surface area contributed by atoms with Crippen LogP contribution in [0.2, 0.25) is 0 Å². The van der Waals surface area contributed by atoms with Gasteiger partial charge in [0.2, 0.25) is 0 Å². The zero-order valence-corrected chi connectivity index (χ0v) is 28.3. The van der Waals surface area contributed by atoms with Crippen molar-refractivity contribution < 1.29 is 29.9 Å². The number of benzene rings is 2. The Bertz CT molecular complexity index is 1020. The van der Waals surface area contributed by atoms with Gasteiger partial charge in [0.1, 0.15) is 11.5 Å². The summed E-state index contributed by atoms with van der Waals surface area (Å²) in [5.41, 5.74) is 8.76. The van der Waals surface area contributed by atoms with Gasteiger partial charge in [0.05, 0.1) is 14.2 Å². The van der Waals surface area contributed by atoms with Crippen molar-refractivity contribution in [3.63, 3.8) is 0 Å². The molecule has 4 heteroatoms. The third kappa shape index (κ3) is 7.14. The molecule has 0 unspecified atom stereocenters. The first kappa shape index (κ1) is 32.6. The van der Waals surface area contributed by atoms with E-state index in [1.807, 2.05) is 14.2 Å². The third-order valence-electron chi connectivity index (χ3n) is 9.12. The predicted octanol–water partition coefficient (Wildman–Crippen LogP) is 10.5. The number of ether oxygens (including phenoxy) is 2. The number of hydrogen-bond acceptors (Lipinski definition) is 2. The van der Waals surface area contributed by atoms with Crippen molar-refractivity contribution in [2.45, 2.75) is 135 Å². The second kappa shape index (κ2) is 14.9. The Balaban J connectivity index is 0.00000420. The molecule has 0 heterocycles. The predicted molar refractivity (Wildman–Crippen MR) is 168 cm³/mol. The molecular formula is C35H53O2PPd. The van der Waals surface area contributed by atoms with E-state index in [1.54, 1.807) is 0 Å². The van der Waals surface area contributed by atoms with E-state index in [0.717, 1.165) is 22.8 Å². The molecule has 2 nitrogen and oxygen atoms in total. The molecule has 2 aliphatic carbocycles. The first-order chi connectivity index (χ1) is 18.3. The van der Waals surface area contributed by atoms with E-state index in [-0.39, 0.29) is 28.3 Å². The Kier molecular flexibility index (Phi) is 12.4. The van der Waals surface area contributed by atoms with Crippen molar-refractivity contribution in [2.24, 2.45) is 0 Å². The molecule has 0 N–H and O–H groups in total. The van der Waals surface area contributed by atoms with Gasteiger partial charge in [0, 0.05) is 31.3 Å². The van der Waals surface area contributed by atoms with Crippen molar-refractivity contribution in [3.05, 3.63) is 41.0 Å². The normalized spacial score (nSPS) is 17.2. The molecule has 2 fully saturated rings. The van der Waals surface area contributed by atoms with E-state index in [9.17, 15) is 0 Å². The molecule has 0 spiro atoms. The van der Waals surface area contributed by atoms with Crippen LogP contribution in [0.4, 0.5) is 0 Å². The molecule has 0 aromatic heterocycles. The smallest absolute Gasteiger partial charge is 0.127 e. The molecule has 2 aliphatic rings. The SMILES string of the molecule is COc1ccc(OC)c(P(C2CCCCC2)C2CCCCC2)c1-c1c(C(C)C)cc(C(C)C)cc1C(C)C.[Pd]. The van der Waals surface area contributed by atoms with Gasteiger partial charge in [0.15, 0.2) is 0 Å². The molecule has 0 atom stereocenters. The monoisotopic (exact) mass is 642 g/mol. The van der Waals surface area contributed by atoms with Crippen LogP contribution in [0.5, 0.6) is 11.5 Å². The van der Waals surface area contributed by atoms with E-state index in [4.69, 9.17) is 9.47 Å². The number of hydrogen-bond donors (Lipinski definition) is 0. The van der Waals surface area contributed by atoms with Gasteiger partial charge in [-0.25, -0.2) is 0 Å². The molecule has 0 bridgehead atoms. The van der Waals surface area contributed by atoms with Crippen LogP contribution in [0.15, 0.2) is 24.3 Å². The fourth-order valence-corrected chi connectivity index (χ4v) is 11.1. The number of methoxy groups -OCH3 is 2. The van der Waals surface area contributed by atoms with Crippen molar-refractivity contribution in [1.29, 1.82) is 0 Å². The Morgan fingerprint density at radius 1 is 0.615 bits per heavy atom. The largest absolute Gasteiger partial charge is 0.496 e. The molecule has 0 radical (unpaired) electrons. The van der Waals surface area contributed by atoms with Crippen molar-refractivity contribution >= 4 is 13.2 Å². The molecule has 0 aliphatic heterocycles. The second-order valence-electron chi connectivity index (χ2n) is 12.7. The van der Waals surface area contributed by atoms with Gasteiger partial charge < -0.3 is 9.47 Å². The van der Waals surface area contributed by atoms with Gasteiger partial charge in [0.25, 0.3) is 0 Å². The standard InChI is InChI=1S/C35H53O2P.Pd/c1-23(2)26-21-29(24(3)4)33(30(22-26)25(5)6)34-31(36-7)19-20-32(37-8)35(34)38(27-15-11-9-12-16-27)28-17-13-10-14-18-28;/h19-25,27-28H,9-18H2,1-8H3;. The minimum absolute atomic E-state index is 0. The van der Waals surface area contributed by atoms with E-state index in [0.29, 0.717) is 17.8 Å². The van der Waals surface area contributed by atoms with E-state index < -0.39 is 0 Å². The van der Waals surface area contributed by atoms with E-state index >= 15 is 0 Å². The molecule has 4 rings (SSSR count). The van der Waals surface area contributed by atoms with Gasteiger partial charge >= 0.3 is 0 Å². The summed E-state index contributed by atoms with van der Waals surface area (Å²) in [6.07, 6.45) is 13.8. The Morgan fingerprint density at radius 2 is 1.05 bits per heavy atom. The van der Waals surface area contributed by atoms with E-state index in [1.165, 1.54) is 97.3 Å². The quantitative estimate of drug-likeness (QED) is 0.200. The maximum atomic E-state index is 6.29. The van der Waals surface area contributed by atoms with Gasteiger partial charge in [-0.2, -0.15) is 0 Å². The van der Waals surface area contributed by atoms with Crippen molar-refractivity contribution in [2.75, 3.05) is 14.2 Å². The summed E-state index contributed by atoms with van der Waals surface area (Å²) in [4.78, 5) is 0. The molecule has 2 saturated carbocycles. The summed E-state index contributed by atoms with van der Waals surface area (Å²) in [7, 11) is 3.38. The zero-order valence-electron chi connectivity index (χ0n) is 25.8. The molecule has 39 heavy (non-hydrogen) atoms. The summed E-state index contributed by atoms with van der Waals surface area (Å²) in [5.74, 6) is 3.50. The van der Waals surface area contributed by atoms with Crippen LogP contribution in [0.1, 0.15) is 140 Å². The topological polar surface area (TPSA) is 18.5 Å². The summed E-state index contributed by atoms with van der Waals surface area (Å²) in [6, 6.07) is 9.40.